The molecule has 3 rings (SSSR count). The third-order valence-corrected chi connectivity index (χ3v) is 4.21. The molecule has 0 spiro atoms. The summed E-state index contributed by atoms with van der Waals surface area (Å²) < 4.78 is 47.3. The van der Waals surface area contributed by atoms with Crippen LogP contribution in [0.2, 0.25) is 0 Å². The Bertz CT molecular complexity index is 1060. The molecule has 7 nitrogen and oxygen atoms in total. The van der Waals surface area contributed by atoms with Gasteiger partial charge in [0.05, 0.1) is 12.7 Å². The van der Waals surface area contributed by atoms with Crippen molar-refractivity contribution in [3.8, 4) is 17.3 Å². The summed E-state index contributed by atoms with van der Waals surface area (Å²) in [6, 6.07) is 8.97. The summed E-state index contributed by atoms with van der Waals surface area (Å²) >= 11 is 0. The van der Waals surface area contributed by atoms with E-state index in [9.17, 15) is 18.0 Å². The fraction of sp³-hybridized carbons (Fsp3) is 0.409. The maximum atomic E-state index is 12.2. The van der Waals surface area contributed by atoms with Crippen LogP contribution in [-0.4, -0.2) is 44.5 Å². The fourth-order valence-corrected chi connectivity index (χ4v) is 2.88. The molecule has 32 heavy (non-hydrogen) atoms. The first-order valence-corrected chi connectivity index (χ1v) is 9.83. The number of aromatic nitrogens is 3. The van der Waals surface area contributed by atoms with Crippen molar-refractivity contribution in [2.45, 2.75) is 52.5 Å². The molecule has 0 atom stereocenters. The molecular weight excluding hydrogens is 427 g/mol. The Hall–Kier alpha value is -3.14. The minimum Gasteiger partial charge on any atom is -0.481 e. The summed E-state index contributed by atoms with van der Waals surface area (Å²) in [6.07, 6.45) is -3.93. The monoisotopic (exact) mass is 453 g/mol. The predicted molar refractivity (Wildman–Crippen MR) is 113 cm³/mol. The Labute approximate surface area is 183 Å². The van der Waals surface area contributed by atoms with Crippen molar-refractivity contribution in [3.05, 3.63) is 42.2 Å². The molecular formula is C22H26F3N3O4. The molecule has 0 aliphatic rings. The lowest BCUT2D eigenvalue weighted by Gasteiger charge is -2.14. The first-order chi connectivity index (χ1) is 14.8. The normalized spacial score (nSPS) is 11.7. The van der Waals surface area contributed by atoms with Gasteiger partial charge >= 0.3 is 6.36 Å². The van der Waals surface area contributed by atoms with E-state index in [-0.39, 0.29) is 18.0 Å². The zero-order chi connectivity index (χ0) is 24.1. The highest BCUT2D eigenvalue weighted by Gasteiger charge is 2.31. The van der Waals surface area contributed by atoms with Gasteiger partial charge < -0.3 is 14.6 Å². The Kier molecular flexibility index (Phi) is 7.84. The molecule has 2 heterocycles. The lowest BCUT2D eigenvalue weighted by Crippen LogP contribution is -2.22. The molecule has 0 radical (unpaired) electrons. The van der Waals surface area contributed by atoms with Crippen LogP contribution in [0.1, 0.15) is 39.4 Å². The average molecular weight is 453 g/mol. The van der Waals surface area contributed by atoms with Crippen molar-refractivity contribution in [2.75, 3.05) is 7.11 Å². The Morgan fingerprint density at radius 2 is 1.72 bits per heavy atom. The number of benzene rings is 1. The van der Waals surface area contributed by atoms with Gasteiger partial charge in [0, 0.05) is 24.6 Å². The average Bonchev–Trinajstić information content (AvgIpc) is 3.01. The lowest BCUT2D eigenvalue weighted by molar-refractivity contribution is -0.274. The van der Waals surface area contributed by atoms with Crippen LogP contribution in [0.4, 0.5) is 13.2 Å². The molecule has 0 aliphatic carbocycles. The minimum atomic E-state index is -4.71. The van der Waals surface area contributed by atoms with Gasteiger partial charge in [-0.05, 0) is 51.1 Å². The second-order valence-electron chi connectivity index (χ2n) is 7.61. The number of imidazole rings is 1. The minimum absolute atomic E-state index is 0.113. The largest absolute Gasteiger partial charge is 0.573 e. The summed E-state index contributed by atoms with van der Waals surface area (Å²) in [5, 5.41) is 9.10. The van der Waals surface area contributed by atoms with E-state index < -0.39 is 12.0 Å². The van der Waals surface area contributed by atoms with Gasteiger partial charge in [-0.3, -0.25) is 9.36 Å². The maximum Gasteiger partial charge on any atom is 0.573 e. The number of ketones is 1. The first kappa shape index (κ1) is 25.1. The van der Waals surface area contributed by atoms with Crippen molar-refractivity contribution in [1.82, 2.24) is 14.5 Å². The van der Waals surface area contributed by atoms with Gasteiger partial charge in [-0.15, -0.1) is 13.2 Å². The molecule has 10 heteroatoms. The number of methoxy groups -OCH3 is 1. The summed E-state index contributed by atoms with van der Waals surface area (Å²) in [4.78, 5) is 19.4. The van der Waals surface area contributed by atoms with Crippen LogP contribution in [0.25, 0.3) is 16.9 Å². The maximum absolute atomic E-state index is 12.2. The summed E-state index contributed by atoms with van der Waals surface area (Å²) in [6.45, 7) is 6.86. The number of aryl methyl sites for hydroxylation is 1. The van der Waals surface area contributed by atoms with E-state index in [4.69, 9.17) is 9.84 Å². The fourth-order valence-electron chi connectivity index (χ4n) is 2.88. The summed E-state index contributed by atoms with van der Waals surface area (Å²) in [5.41, 5.74) is 1.03. The number of ether oxygens (including phenoxy) is 2. The third-order valence-electron chi connectivity index (χ3n) is 4.21. The second kappa shape index (κ2) is 9.99. The number of carbonyl (C=O) groups excluding carboxylic acids is 1. The van der Waals surface area contributed by atoms with Crippen molar-refractivity contribution >= 4 is 16.9 Å². The Morgan fingerprint density at radius 3 is 2.19 bits per heavy atom. The first-order valence-electron chi connectivity index (χ1n) is 9.83. The number of fused-ring (bicyclic) bond motifs is 1. The number of nitrogens with zero attached hydrogens (tertiary/aromatic N) is 3. The molecule has 1 aromatic carbocycles. The molecule has 3 aromatic rings. The topological polar surface area (TPSA) is 86.5 Å². The molecule has 0 amide bonds. The molecule has 0 fully saturated rings. The van der Waals surface area contributed by atoms with E-state index in [1.54, 1.807) is 44.4 Å². The van der Waals surface area contributed by atoms with Crippen LogP contribution in [0, 0.1) is 6.92 Å². The molecule has 174 valence electrons. The van der Waals surface area contributed by atoms with Crippen LogP contribution in [-0.2, 0) is 4.79 Å². The van der Waals surface area contributed by atoms with Gasteiger partial charge in [-0.25, -0.2) is 4.98 Å². The lowest BCUT2D eigenvalue weighted by atomic mass is 10.0. The smallest absolute Gasteiger partial charge is 0.481 e. The highest BCUT2D eigenvalue weighted by molar-refractivity contribution is 5.78. The molecule has 0 unspecified atom stereocenters. The summed E-state index contributed by atoms with van der Waals surface area (Å²) in [7, 11) is 1.50. The zero-order valence-electron chi connectivity index (χ0n) is 18.5. The number of alkyl halides is 3. The SMILES string of the molecule is CCC(=O)CC(C)(C)O.COc1ccc2nc(C)n(-c3ccc(OC(F)(F)F)cc3)c2n1. The Balaban J connectivity index is 0.000000344. The number of aliphatic hydroxyl groups is 1. The van der Waals surface area contributed by atoms with E-state index in [1.807, 2.05) is 0 Å². The number of carbonyl (C=O) groups is 1. The van der Waals surface area contributed by atoms with Gasteiger partial charge in [-0.2, -0.15) is 4.98 Å². The highest BCUT2D eigenvalue weighted by atomic mass is 19.4. The van der Waals surface area contributed by atoms with Crippen molar-refractivity contribution < 1.29 is 32.5 Å². The van der Waals surface area contributed by atoms with Crippen LogP contribution in [0.3, 0.4) is 0 Å². The zero-order valence-corrected chi connectivity index (χ0v) is 18.5. The number of Topliss-reactive ketones (excluding diaryl/α,β-unsaturated/α-hetero) is 1. The van der Waals surface area contributed by atoms with E-state index >= 15 is 0 Å². The van der Waals surface area contributed by atoms with Gasteiger partial charge in [0.1, 0.15) is 22.9 Å². The number of hydrogen-bond acceptors (Lipinski definition) is 6. The molecule has 1 N–H and O–H groups in total. The van der Waals surface area contributed by atoms with Gasteiger partial charge in [0.2, 0.25) is 5.88 Å². The number of rotatable bonds is 6. The van der Waals surface area contributed by atoms with E-state index in [0.29, 0.717) is 35.0 Å². The van der Waals surface area contributed by atoms with E-state index in [0.717, 1.165) is 0 Å². The molecule has 0 aliphatic heterocycles. The molecule has 0 saturated heterocycles. The van der Waals surface area contributed by atoms with Crippen LogP contribution in [0.15, 0.2) is 36.4 Å². The molecule has 0 saturated carbocycles. The molecule has 0 bridgehead atoms. The van der Waals surface area contributed by atoms with Gasteiger partial charge in [0.25, 0.3) is 0 Å². The van der Waals surface area contributed by atoms with Crippen molar-refractivity contribution in [2.24, 2.45) is 0 Å². The number of hydrogen-bond donors (Lipinski definition) is 1. The van der Waals surface area contributed by atoms with Crippen molar-refractivity contribution in [3.63, 3.8) is 0 Å². The third kappa shape index (κ3) is 7.23. The Morgan fingerprint density at radius 1 is 1.09 bits per heavy atom. The van der Waals surface area contributed by atoms with Gasteiger partial charge in [-0.1, -0.05) is 6.92 Å². The van der Waals surface area contributed by atoms with Crippen LogP contribution >= 0.6 is 0 Å². The number of pyridine rings is 1. The van der Waals surface area contributed by atoms with Crippen LogP contribution in [0.5, 0.6) is 11.6 Å². The van der Waals surface area contributed by atoms with Crippen LogP contribution < -0.4 is 9.47 Å². The predicted octanol–water partition coefficient (Wildman–Crippen LogP) is 4.76. The van der Waals surface area contributed by atoms with E-state index in [2.05, 4.69) is 14.7 Å². The van der Waals surface area contributed by atoms with E-state index in [1.165, 1.54) is 31.4 Å². The number of halogens is 3. The second-order valence-corrected chi connectivity index (χ2v) is 7.61. The standard InChI is InChI=1S/C15H12F3N3O2.C7H14O2/c1-9-19-12-7-8-13(22-2)20-14(12)21(9)10-3-5-11(6-4-10)23-15(16,17)18;1-4-6(8)5-7(2,3)9/h3-8H,1-2H3;9H,4-5H2,1-3H3. The van der Waals surface area contributed by atoms with Gasteiger partial charge in [0.15, 0.2) is 5.65 Å². The van der Waals surface area contributed by atoms with Crippen molar-refractivity contribution in [1.29, 1.82) is 0 Å². The quantitative estimate of drug-likeness (QED) is 0.579. The highest BCUT2D eigenvalue weighted by Crippen LogP contribution is 2.26. The summed E-state index contributed by atoms with van der Waals surface area (Å²) in [5.74, 6) is 0.914. The molecule has 2 aromatic heterocycles.